The molecule has 4 fully saturated rings. The van der Waals surface area contributed by atoms with Crippen molar-refractivity contribution in [3.05, 3.63) is 57.1 Å². The van der Waals surface area contributed by atoms with E-state index in [1.807, 2.05) is 12.1 Å². The van der Waals surface area contributed by atoms with Crippen LogP contribution >= 0.6 is 0 Å². The Hall–Kier alpha value is -3.94. The van der Waals surface area contributed by atoms with Gasteiger partial charge in [-0.1, -0.05) is 0 Å². The fraction of sp³-hybridized carbons (Fsp3) is 0.588. The molecule has 1 unspecified atom stereocenters. The van der Waals surface area contributed by atoms with Crippen molar-refractivity contribution in [2.75, 3.05) is 102 Å². The highest BCUT2D eigenvalue weighted by Gasteiger charge is 2.37. The smallest absolute Gasteiger partial charge is 0.271 e. The van der Waals surface area contributed by atoms with Crippen LogP contribution in [0.25, 0.3) is 0 Å². The highest BCUT2D eigenvalue weighted by molar-refractivity contribution is 5.69. The molecule has 4 aliphatic heterocycles. The number of nitriles is 2. The second-order valence-corrected chi connectivity index (χ2v) is 13.5. The molecule has 0 saturated carbocycles. The van der Waals surface area contributed by atoms with Crippen LogP contribution in [0.1, 0.15) is 48.4 Å². The summed E-state index contributed by atoms with van der Waals surface area (Å²) in [7, 11) is 4.28. The van der Waals surface area contributed by atoms with E-state index in [9.17, 15) is 20.6 Å². The zero-order valence-electron chi connectivity index (χ0n) is 27.1. The number of nitro benzene ring substituents is 1. The lowest BCUT2D eigenvalue weighted by molar-refractivity contribution is -0.385. The van der Waals surface area contributed by atoms with Crippen LogP contribution in [0, 0.1) is 32.8 Å². The van der Waals surface area contributed by atoms with E-state index in [4.69, 9.17) is 5.73 Å². The number of non-ortho nitro benzene ring substituents is 1. The Morgan fingerprint density at radius 1 is 0.783 bits per heavy atom. The van der Waals surface area contributed by atoms with Crippen LogP contribution in [-0.2, 0) is 0 Å². The Balaban J connectivity index is 1.20. The van der Waals surface area contributed by atoms with Crippen molar-refractivity contribution in [3.63, 3.8) is 0 Å². The molecule has 0 aromatic heterocycles. The topological polar surface area (TPSA) is 136 Å². The summed E-state index contributed by atoms with van der Waals surface area (Å²) in [5.74, 6) is 0. The molecule has 4 aliphatic rings. The first-order valence-corrected chi connectivity index (χ1v) is 16.6. The summed E-state index contributed by atoms with van der Waals surface area (Å²) in [6.45, 7) is 10.3. The standard InChI is InChI=1S/C34H46N10O2/c1-38-13-16-40(17-14-38)28-7-11-42(12-8-28)34-26(23-36)20-30(44(45)46)21-31(34)33-24-43(18-15-39(33)2)29-5-9-41(10-6-29)32-4-3-27(37)19-25(32)22-35/h3-4,19-21,28-29,33H,5-18,24,37H2,1-2H3. The Morgan fingerprint density at radius 3 is 2.02 bits per heavy atom. The van der Waals surface area contributed by atoms with Gasteiger partial charge in [-0.2, -0.15) is 10.5 Å². The van der Waals surface area contributed by atoms with E-state index in [1.54, 1.807) is 12.1 Å². The maximum atomic E-state index is 12.1. The van der Waals surface area contributed by atoms with E-state index >= 15 is 0 Å². The zero-order valence-corrected chi connectivity index (χ0v) is 27.1. The minimum Gasteiger partial charge on any atom is -0.399 e. The van der Waals surface area contributed by atoms with Gasteiger partial charge in [-0.3, -0.25) is 24.8 Å². The maximum absolute atomic E-state index is 12.1. The fourth-order valence-corrected chi connectivity index (χ4v) is 8.03. The van der Waals surface area contributed by atoms with Crippen LogP contribution in [0.2, 0.25) is 0 Å². The van der Waals surface area contributed by atoms with Crippen molar-refractivity contribution in [1.29, 1.82) is 10.5 Å². The van der Waals surface area contributed by atoms with E-state index in [1.165, 1.54) is 6.07 Å². The third kappa shape index (κ3) is 6.62. The lowest BCUT2D eigenvalue weighted by Crippen LogP contribution is -2.54. The van der Waals surface area contributed by atoms with Crippen molar-refractivity contribution < 1.29 is 4.92 Å². The van der Waals surface area contributed by atoms with Crippen LogP contribution < -0.4 is 15.5 Å². The van der Waals surface area contributed by atoms with Crippen molar-refractivity contribution in [1.82, 2.24) is 19.6 Å². The molecule has 0 spiro atoms. The van der Waals surface area contributed by atoms with E-state index in [0.29, 0.717) is 28.9 Å². The average molecular weight is 627 g/mol. The van der Waals surface area contributed by atoms with Gasteiger partial charge in [-0.05, 0) is 58.0 Å². The normalized spacial score (nSPS) is 23.3. The molecule has 0 radical (unpaired) electrons. The zero-order chi connectivity index (χ0) is 32.4. The SMILES string of the molecule is CN1CCN(C2CCN(c3c(C#N)cc([N+](=O)[O-])cc3C3CN(C4CCN(c5ccc(N)cc5C#N)CC4)CCN3C)CC2)CC1. The van der Waals surface area contributed by atoms with Crippen LogP contribution in [0.15, 0.2) is 30.3 Å². The van der Waals surface area contributed by atoms with Gasteiger partial charge < -0.3 is 20.4 Å². The molecular weight excluding hydrogens is 580 g/mol. The monoisotopic (exact) mass is 626 g/mol. The number of hydrogen-bond donors (Lipinski definition) is 1. The summed E-state index contributed by atoms with van der Waals surface area (Å²) >= 11 is 0. The number of anilines is 3. The summed E-state index contributed by atoms with van der Waals surface area (Å²) in [5.41, 5.74) is 10.2. The summed E-state index contributed by atoms with van der Waals surface area (Å²) in [4.78, 5) is 26.2. The molecule has 4 heterocycles. The van der Waals surface area contributed by atoms with E-state index in [-0.39, 0.29) is 16.7 Å². The van der Waals surface area contributed by atoms with Gasteiger partial charge in [0.15, 0.2) is 0 Å². The van der Waals surface area contributed by atoms with Gasteiger partial charge in [-0.25, -0.2) is 0 Å². The highest BCUT2D eigenvalue weighted by atomic mass is 16.6. The van der Waals surface area contributed by atoms with Crippen LogP contribution in [0.5, 0.6) is 0 Å². The van der Waals surface area contributed by atoms with Crippen LogP contribution in [-0.4, -0.2) is 123 Å². The number of likely N-dealkylation sites (N-methyl/N-ethyl adjacent to an activating group) is 2. The summed E-state index contributed by atoms with van der Waals surface area (Å²) in [6.07, 6.45) is 3.99. The molecule has 2 N–H and O–H groups in total. The lowest BCUT2D eigenvalue weighted by atomic mass is 9.92. The molecule has 46 heavy (non-hydrogen) atoms. The number of nitrogen functional groups attached to an aromatic ring is 1. The minimum atomic E-state index is -0.364. The van der Waals surface area contributed by atoms with E-state index in [0.717, 1.165) is 115 Å². The Kier molecular flexibility index (Phi) is 9.62. The molecule has 0 amide bonds. The first kappa shape index (κ1) is 32.0. The fourth-order valence-electron chi connectivity index (χ4n) is 8.03. The van der Waals surface area contributed by atoms with Gasteiger partial charge in [-0.15, -0.1) is 0 Å². The second kappa shape index (κ2) is 13.8. The number of piperazine rings is 2. The van der Waals surface area contributed by atoms with Gasteiger partial charge in [0, 0.05) is 114 Å². The largest absolute Gasteiger partial charge is 0.399 e. The second-order valence-electron chi connectivity index (χ2n) is 13.5. The molecule has 244 valence electrons. The maximum Gasteiger partial charge on any atom is 0.271 e. The lowest BCUT2D eigenvalue weighted by Gasteiger charge is -2.47. The molecule has 12 heteroatoms. The number of benzene rings is 2. The predicted molar refractivity (Wildman–Crippen MR) is 180 cm³/mol. The Bertz CT molecular complexity index is 1490. The van der Waals surface area contributed by atoms with Crippen LogP contribution in [0.4, 0.5) is 22.7 Å². The van der Waals surface area contributed by atoms with E-state index < -0.39 is 0 Å². The molecule has 2 aromatic rings. The minimum absolute atomic E-state index is 0.0155. The molecule has 4 saturated heterocycles. The summed E-state index contributed by atoms with van der Waals surface area (Å²) in [6, 6.07) is 14.2. The number of nitrogens with two attached hydrogens (primary N) is 1. The number of nitro groups is 1. The molecule has 0 aliphatic carbocycles. The molecule has 0 bridgehead atoms. The van der Waals surface area contributed by atoms with Gasteiger partial charge in [0.1, 0.15) is 12.1 Å². The first-order chi connectivity index (χ1) is 22.2. The number of nitrogens with zero attached hydrogens (tertiary/aromatic N) is 9. The Labute approximate surface area is 272 Å². The van der Waals surface area contributed by atoms with Crippen molar-refractivity contribution in [2.24, 2.45) is 0 Å². The van der Waals surface area contributed by atoms with Crippen molar-refractivity contribution in [3.8, 4) is 12.1 Å². The van der Waals surface area contributed by atoms with Crippen LogP contribution in [0.3, 0.4) is 0 Å². The summed E-state index contributed by atoms with van der Waals surface area (Å²) in [5, 5.41) is 32.0. The van der Waals surface area contributed by atoms with Crippen molar-refractivity contribution >= 4 is 22.7 Å². The van der Waals surface area contributed by atoms with Gasteiger partial charge in [0.05, 0.1) is 27.4 Å². The van der Waals surface area contributed by atoms with Gasteiger partial charge >= 0.3 is 0 Å². The average Bonchev–Trinajstić information content (AvgIpc) is 3.08. The Morgan fingerprint density at radius 2 is 1.39 bits per heavy atom. The predicted octanol–water partition coefficient (Wildman–Crippen LogP) is 3.09. The third-order valence-electron chi connectivity index (χ3n) is 10.8. The molecule has 1 atom stereocenters. The number of piperidine rings is 2. The quantitative estimate of drug-likeness (QED) is 0.288. The first-order valence-electron chi connectivity index (χ1n) is 16.6. The number of rotatable bonds is 6. The van der Waals surface area contributed by atoms with E-state index in [2.05, 4.69) is 55.6 Å². The van der Waals surface area contributed by atoms with Crippen molar-refractivity contribution in [2.45, 2.75) is 43.8 Å². The molecule has 12 nitrogen and oxygen atoms in total. The highest BCUT2D eigenvalue weighted by Crippen LogP contribution is 2.40. The van der Waals surface area contributed by atoms with Gasteiger partial charge in [0.2, 0.25) is 0 Å². The summed E-state index contributed by atoms with van der Waals surface area (Å²) < 4.78 is 0. The molecule has 6 rings (SSSR count). The number of hydrogen-bond acceptors (Lipinski definition) is 11. The third-order valence-corrected chi connectivity index (χ3v) is 10.8. The van der Waals surface area contributed by atoms with Gasteiger partial charge in [0.25, 0.3) is 5.69 Å². The molecule has 2 aromatic carbocycles. The molecular formula is C34H46N10O2.